The number of hydrogen-bond acceptors (Lipinski definition) is 6. The number of hydrogen-bond donors (Lipinski definition) is 1. The Bertz CT molecular complexity index is 1010. The van der Waals surface area contributed by atoms with Gasteiger partial charge in [0.1, 0.15) is 5.82 Å². The van der Waals surface area contributed by atoms with Crippen LogP contribution in [0.15, 0.2) is 46.9 Å². The van der Waals surface area contributed by atoms with E-state index in [4.69, 9.17) is 9.15 Å². The largest absolute Gasteiger partial charge is 0.421 e. The minimum Gasteiger partial charge on any atom is -0.421 e. The molecule has 1 aliphatic heterocycles. The number of nitrogens with zero attached hydrogens (tertiary/aromatic N) is 3. The van der Waals surface area contributed by atoms with Crippen molar-refractivity contribution in [1.29, 1.82) is 0 Å². The average molecular weight is 410 g/mol. The number of morpholine rings is 1. The third-order valence-electron chi connectivity index (χ3n) is 4.91. The van der Waals surface area contributed by atoms with Crippen LogP contribution >= 0.6 is 0 Å². The molecule has 3 aromatic rings. The van der Waals surface area contributed by atoms with Crippen molar-refractivity contribution in [3.63, 3.8) is 0 Å². The molecular formula is C22H23FN4O3. The second kappa shape index (κ2) is 9.04. The van der Waals surface area contributed by atoms with Crippen LogP contribution < -0.4 is 10.2 Å². The van der Waals surface area contributed by atoms with E-state index in [-0.39, 0.29) is 18.1 Å². The zero-order chi connectivity index (χ0) is 20.9. The van der Waals surface area contributed by atoms with Crippen molar-refractivity contribution < 1.29 is 18.3 Å². The van der Waals surface area contributed by atoms with E-state index in [0.717, 1.165) is 11.1 Å². The Morgan fingerprint density at radius 2 is 1.90 bits per heavy atom. The van der Waals surface area contributed by atoms with E-state index in [2.05, 4.69) is 15.5 Å². The van der Waals surface area contributed by atoms with Crippen molar-refractivity contribution in [1.82, 2.24) is 10.2 Å². The molecule has 2 aromatic carbocycles. The van der Waals surface area contributed by atoms with Gasteiger partial charge < -0.3 is 19.4 Å². The second-order valence-electron chi connectivity index (χ2n) is 7.18. The molecule has 0 atom stereocenters. The first kappa shape index (κ1) is 20.0. The predicted octanol–water partition coefficient (Wildman–Crippen LogP) is 3.59. The van der Waals surface area contributed by atoms with Gasteiger partial charge in [0, 0.05) is 37.2 Å². The number of anilines is 2. The molecule has 1 fully saturated rings. The van der Waals surface area contributed by atoms with E-state index >= 15 is 0 Å². The van der Waals surface area contributed by atoms with Crippen molar-refractivity contribution in [2.45, 2.75) is 19.8 Å². The summed E-state index contributed by atoms with van der Waals surface area (Å²) in [5.41, 5.74) is 2.91. The van der Waals surface area contributed by atoms with Crippen LogP contribution in [-0.4, -0.2) is 42.4 Å². The third-order valence-corrected chi connectivity index (χ3v) is 4.91. The number of nitrogens with one attached hydrogen (secondary N) is 1. The van der Waals surface area contributed by atoms with Crippen LogP contribution in [0, 0.1) is 12.7 Å². The molecule has 0 unspecified atom stereocenters. The minimum atomic E-state index is -0.366. The molecule has 0 spiro atoms. The SMILES string of the molecule is Cc1ccc(-c2nnc(CCC(=O)Nc3ccc(N4CCOCC4)c(F)c3)o2)cc1. The molecule has 7 nitrogen and oxygen atoms in total. The van der Waals surface area contributed by atoms with Crippen LogP contribution in [0.4, 0.5) is 15.8 Å². The average Bonchev–Trinajstić information content (AvgIpc) is 3.23. The molecule has 156 valence electrons. The maximum Gasteiger partial charge on any atom is 0.247 e. The molecule has 4 rings (SSSR count). The molecule has 1 N–H and O–H groups in total. The van der Waals surface area contributed by atoms with Crippen LogP contribution in [0.1, 0.15) is 17.9 Å². The fourth-order valence-electron chi connectivity index (χ4n) is 3.26. The predicted molar refractivity (Wildman–Crippen MR) is 111 cm³/mol. The van der Waals surface area contributed by atoms with Crippen LogP contribution in [0.3, 0.4) is 0 Å². The number of aromatic nitrogens is 2. The van der Waals surface area contributed by atoms with E-state index < -0.39 is 0 Å². The Morgan fingerprint density at radius 1 is 1.13 bits per heavy atom. The first-order valence-corrected chi connectivity index (χ1v) is 9.90. The highest BCUT2D eigenvalue weighted by molar-refractivity contribution is 5.91. The van der Waals surface area contributed by atoms with Crippen molar-refractivity contribution in [2.24, 2.45) is 0 Å². The van der Waals surface area contributed by atoms with E-state index in [9.17, 15) is 9.18 Å². The quantitative estimate of drug-likeness (QED) is 0.669. The summed E-state index contributed by atoms with van der Waals surface area (Å²) in [7, 11) is 0. The number of ether oxygens (including phenoxy) is 1. The second-order valence-corrected chi connectivity index (χ2v) is 7.18. The molecule has 30 heavy (non-hydrogen) atoms. The lowest BCUT2D eigenvalue weighted by Gasteiger charge is -2.29. The molecule has 0 bridgehead atoms. The van der Waals surface area contributed by atoms with E-state index in [0.29, 0.717) is 55.9 Å². The summed E-state index contributed by atoms with van der Waals surface area (Å²) in [4.78, 5) is 14.2. The minimum absolute atomic E-state index is 0.155. The van der Waals surface area contributed by atoms with Crippen LogP contribution in [0.25, 0.3) is 11.5 Å². The Labute approximate surface area is 173 Å². The van der Waals surface area contributed by atoms with Gasteiger partial charge in [0.05, 0.1) is 18.9 Å². The highest BCUT2D eigenvalue weighted by atomic mass is 19.1. The molecule has 1 aliphatic rings. The summed E-state index contributed by atoms with van der Waals surface area (Å²) in [5.74, 6) is 0.193. The summed E-state index contributed by atoms with van der Waals surface area (Å²) in [6.45, 7) is 4.47. The van der Waals surface area contributed by atoms with Gasteiger partial charge >= 0.3 is 0 Å². The Morgan fingerprint density at radius 3 is 2.63 bits per heavy atom. The van der Waals surface area contributed by atoms with Crippen LogP contribution in [0.2, 0.25) is 0 Å². The highest BCUT2D eigenvalue weighted by Gasteiger charge is 2.16. The monoisotopic (exact) mass is 410 g/mol. The van der Waals surface area contributed by atoms with Gasteiger partial charge in [-0.25, -0.2) is 4.39 Å². The van der Waals surface area contributed by atoms with E-state index in [1.165, 1.54) is 6.07 Å². The van der Waals surface area contributed by atoms with Crippen molar-refractivity contribution >= 4 is 17.3 Å². The van der Waals surface area contributed by atoms with Gasteiger partial charge in [-0.2, -0.15) is 0 Å². The van der Waals surface area contributed by atoms with Crippen molar-refractivity contribution in [2.75, 3.05) is 36.5 Å². The number of carbonyl (C=O) groups excluding carboxylic acids is 1. The zero-order valence-electron chi connectivity index (χ0n) is 16.7. The number of aryl methyl sites for hydroxylation is 2. The zero-order valence-corrected chi connectivity index (χ0v) is 16.7. The fraction of sp³-hybridized carbons (Fsp3) is 0.318. The van der Waals surface area contributed by atoms with Gasteiger partial charge in [0.15, 0.2) is 0 Å². The lowest BCUT2D eigenvalue weighted by atomic mass is 10.1. The number of halogens is 1. The topological polar surface area (TPSA) is 80.5 Å². The highest BCUT2D eigenvalue weighted by Crippen LogP contribution is 2.24. The lowest BCUT2D eigenvalue weighted by molar-refractivity contribution is -0.116. The fourth-order valence-corrected chi connectivity index (χ4v) is 3.26. The molecule has 1 aromatic heterocycles. The van der Waals surface area contributed by atoms with Gasteiger partial charge in [0.2, 0.25) is 17.7 Å². The van der Waals surface area contributed by atoms with E-state index in [1.807, 2.05) is 36.1 Å². The number of rotatable bonds is 6. The molecule has 2 heterocycles. The van der Waals surface area contributed by atoms with Gasteiger partial charge in [0.25, 0.3) is 0 Å². The molecule has 8 heteroatoms. The van der Waals surface area contributed by atoms with Crippen molar-refractivity contribution in [3.8, 4) is 11.5 Å². The molecule has 1 amide bonds. The molecule has 0 aliphatic carbocycles. The number of benzene rings is 2. The summed E-state index contributed by atoms with van der Waals surface area (Å²) < 4.78 is 25.4. The number of amides is 1. The summed E-state index contributed by atoms with van der Waals surface area (Å²) in [6, 6.07) is 12.5. The van der Waals surface area contributed by atoms with Gasteiger partial charge in [-0.05, 0) is 37.3 Å². The third kappa shape index (κ3) is 4.83. The standard InChI is InChI=1S/C22H23FN4O3/c1-15-2-4-16(5-3-15)22-26-25-21(30-22)9-8-20(28)24-17-6-7-19(18(23)14-17)27-10-12-29-13-11-27/h2-7,14H,8-13H2,1H3,(H,24,28). The lowest BCUT2D eigenvalue weighted by Crippen LogP contribution is -2.36. The van der Waals surface area contributed by atoms with Crippen molar-refractivity contribution in [3.05, 3.63) is 59.7 Å². The van der Waals surface area contributed by atoms with Gasteiger partial charge in [-0.1, -0.05) is 17.7 Å². The summed E-state index contributed by atoms with van der Waals surface area (Å²) in [5, 5.41) is 10.7. The molecule has 0 radical (unpaired) electrons. The Hall–Kier alpha value is -3.26. The van der Waals surface area contributed by atoms with E-state index in [1.54, 1.807) is 12.1 Å². The van der Waals surface area contributed by atoms with Gasteiger partial charge in [-0.15, -0.1) is 10.2 Å². The molecule has 0 saturated carbocycles. The maximum atomic E-state index is 14.5. The molecule has 1 saturated heterocycles. The maximum absolute atomic E-state index is 14.5. The first-order valence-electron chi connectivity index (χ1n) is 9.90. The Balaban J connectivity index is 1.32. The normalized spacial score (nSPS) is 14.0. The summed E-state index contributed by atoms with van der Waals surface area (Å²) in [6.07, 6.45) is 0.460. The van der Waals surface area contributed by atoms with Crippen LogP contribution in [0.5, 0.6) is 0 Å². The number of carbonyl (C=O) groups is 1. The van der Waals surface area contributed by atoms with Gasteiger partial charge in [-0.3, -0.25) is 4.79 Å². The van der Waals surface area contributed by atoms with Crippen LogP contribution in [-0.2, 0) is 16.0 Å². The first-order chi connectivity index (χ1) is 14.6. The summed E-state index contributed by atoms with van der Waals surface area (Å²) >= 11 is 0. The molecular weight excluding hydrogens is 387 g/mol. The smallest absolute Gasteiger partial charge is 0.247 e. The Kier molecular flexibility index (Phi) is 6.04.